The number of rotatable bonds is 4. The molecule has 8 heteroatoms. The van der Waals surface area contributed by atoms with E-state index in [4.69, 9.17) is 0 Å². The maximum absolute atomic E-state index is 13.6. The first-order valence-electron chi connectivity index (χ1n) is 6.89. The van der Waals surface area contributed by atoms with Gasteiger partial charge in [0.1, 0.15) is 12.1 Å². The van der Waals surface area contributed by atoms with Gasteiger partial charge in [-0.15, -0.1) is 5.10 Å². The van der Waals surface area contributed by atoms with Crippen molar-refractivity contribution < 1.29 is 9.18 Å². The highest BCUT2D eigenvalue weighted by atomic mass is 79.9. The summed E-state index contributed by atoms with van der Waals surface area (Å²) in [6.45, 7) is 0. The van der Waals surface area contributed by atoms with Gasteiger partial charge in [-0.3, -0.25) is 4.79 Å². The zero-order chi connectivity index (χ0) is 16.9. The number of carbonyl (C=O) groups excluding carboxylic acids is 1. The SMILES string of the molecule is O=C(C=Cc1cc(Br)ccc1F)Nc1cccc(-n2cnnn2)c1. The van der Waals surface area contributed by atoms with Crippen LogP contribution in [0, 0.1) is 5.82 Å². The smallest absolute Gasteiger partial charge is 0.248 e. The minimum atomic E-state index is -0.400. The van der Waals surface area contributed by atoms with Crippen LogP contribution >= 0.6 is 15.9 Å². The predicted octanol–water partition coefficient (Wildman–Crippen LogP) is 3.22. The van der Waals surface area contributed by atoms with E-state index in [1.54, 1.807) is 36.4 Å². The molecule has 2 aromatic carbocycles. The molecule has 0 radical (unpaired) electrons. The number of aromatic nitrogens is 4. The molecule has 0 aliphatic carbocycles. The van der Waals surface area contributed by atoms with Crippen molar-refractivity contribution in [3.63, 3.8) is 0 Å². The van der Waals surface area contributed by atoms with E-state index in [1.807, 2.05) is 0 Å². The normalized spacial score (nSPS) is 10.9. The van der Waals surface area contributed by atoms with E-state index in [1.165, 1.54) is 29.2 Å². The van der Waals surface area contributed by atoms with Gasteiger partial charge < -0.3 is 5.32 Å². The van der Waals surface area contributed by atoms with Crippen LogP contribution in [0.15, 0.2) is 59.3 Å². The second-order valence-corrected chi connectivity index (χ2v) is 5.71. The van der Waals surface area contributed by atoms with Crippen LogP contribution in [0.25, 0.3) is 11.8 Å². The topological polar surface area (TPSA) is 72.7 Å². The van der Waals surface area contributed by atoms with Gasteiger partial charge >= 0.3 is 0 Å². The average molecular weight is 388 g/mol. The summed E-state index contributed by atoms with van der Waals surface area (Å²) in [4.78, 5) is 12.0. The second-order valence-electron chi connectivity index (χ2n) is 4.79. The van der Waals surface area contributed by atoms with E-state index in [0.29, 0.717) is 16.9 Å². The Labute approximate surface area is 145 Å². The fraction of sp³-hybridized carbons (Fsp3) is 0. The van der Waals surface area contributed by atoms with Gasteiger partial charge in [0.2, 0.25) is 5.91 Å². The Morgan fingerprint density at radius 2 is 2.12 bits per heavy atom. The number of benzene rings is 2. The van der Waals surface area contributed by atoms with Crippen LogP contribution < -0.4 is 5.32 Å². The maximum Gasteiger partial charge on any atom is 0.248 e. The third kappa shape index (κ3) is 3.90. The lowest BCUT2D eigenvalue weighted by Crippen LogP contribution is -2.08. The number of hydrogen-bond acceptors (Lipinski definition) is 4. The van der Waals surface area contributed by atoms with Crippen LogP contribution in [0.4, 0.5) is 10.1 Å². The van der Waals surface area contributed by atoms with Crippen molar-refractivity contribution in [2.75, 3.05) is 5.32 Å². The summed E-state index contributed by atoms with van der Waals surface area (Å²) in [6, 6.07) is 11.6. The molecule has 120 valence electrons. The molecule has 0 fully saturated rings. The van der Waals surface area contributed by atoms with Gasteiger partial charge in [-0.1, -0.05) is 22.0 Å². The summed E-state index contributed by atoms with van der Waals surface area (Å²) in [6.07, 6.45) is 4.14. The Morgan fingerprint density at radius 1 is 1.25 bits per heavy atom. The van der Waals surface area contributed by atoms with Crippen molar-refractivity contribution in [1.82, 2.24) is 20.2 Å². The number of tetrazole rings is 1. The Bertz CT molecular complexity index is 895. The molecule has 1 N–H and O–H groups in total. The molecule has 0 atom stereocenters. The molecule has 0 saturated carbocycles. The Kier molecular flexibility index (Phi) is 4.76. The molecule has 0 unspecified atom stereocenters. The van der Waals surface area contributed by atoms with Crippen molar-refractivity contribution in [2.24, 2.45) is 0 Å². The molecular formula is C16H11BrFN5O. The lowest BCUT2D eigenvalue weighted by Gasteiger charge is -2.05. The maximum atomic E-state index is 13.6. The van der Waals surface area contributed by atoms with Gasteiger partial charge in [0.25, 0.3) is 0 Å². The summed E-state index contributed by atoms with van der Waals surface area (Å²) in [5.41, 5.74) is 1.61. The molecule has 0 aliphatic rings. The largest absolute Gasteiger partial charge is 0.322 e. The van der Waals surface area contributed by atoms with Crippen molar-refractivity contribution in [2.45, 2.75) is 0 Å². The lowest BCUT2D eigenvalue weighted by atomic mass is 10.2. The van der Waals surface area contributed by atoms with Gasteiger partial charge in [0, 0.05) is 21.8 Å². The molecule has 1 heterocycles. The zero-order valence-electron chi connectivity index (χ0n) is 12.2. The number of carbonyl (C=O) groups is 1. The molecule has 3 aromatic rings. The number of hydrogen-bond donors (Lipinski definition) is 1. The summed E-state index contributed by atoms with van der Waals surface area (Å²) in [7, 11) is 0. The number of amides is 1. The third-order valence-electron chi connectivity index (χ3n) is 3.10. The minimum absolute atomic E-state index is 0.321. The van der Waals surface area contributed by atoms with Crippen LogP contribution in [0.5, 0.6) is 0 Å². The van der Waals surface area contributed by atoms with Crippen LogP contribution in [0.3, 0.4) is 0 Å². The second kappa shape index (κ2) is 7.14. The first-order valence-corrected chi connectivity index (χ1v) is 7.69. The molecule has 3 rings (SSSR count). The Balaban J connectivity index is 1.72. The number of nitrogens with one attached hydrogen (secondary N) is 1. The Hall–Kier alpha value is -2.87. The molecule has 6 nitrogen and oxygen atoms in total. The highest BCUT2D eigenvalue weighted by molar-refractivity contribution is 9.10. The molecule has 24 heavy (non-hydrogen) atoms. The molecule has 0 spiro atoms. The molecule has 1 amide bonds. The fourth-order valence-electron chi connectivity index (χ4n) is 2.00. The van der Waals surface area contributed by atoms with E-state index in [9.17, 15) is 9.18 Å². The molecule has 1 aromatic heterocycles. The van der Waals surface area contributed by atoms with Crippen LogP contribution in [0.1, 0.15) is 5.56 Å². The van der Waals surface area contributed by atoms with E-state index in [0.717, 1.165) is 4.47 Å². The summed E-state index contributed by atoms with van der Waals surface area (Å²) < 4.78 is 15.8. The van der Waals surface area contributed by atoms with Gasteiger partial charge in [-0.25, -0.2) is 9.07 Å². The Morgan fingerprint density at radius 3 is 2.92 bits per heavy atom. The highest BCUT2D eigenvalue weighted by Crippen LogP contribution is 2.17. The van der Waals surface area contributed by atoms with Gasteiger partial charge in [0.15, 0.2) is 0 Å². The fourth-order valence-corrected chi connectivity index (χ4v) is 2.38. The van der Waals surface area contributed by atoms with E-state index >= 15 is 0 Å². The lowest BCUT2D eigenvalue weighted by molar-refractivity contribution is -0.111. The number of halogens is 2. The van der Waals surface area contributed by atoms with E-state index in [-0.39, 0.29) is 5.91 Å². The molecule has 0 saturated heterocycles. The van der Waals surface area contributed by atoms with Crippen molar-refractivity contribution in [1.29, 1.82) is 0 Å². The van der Waals surface area contributed by atoms with E-state index < -0.39 is 5.82 Å². The summed E-state index contributed by atoms with van der Waals surface area (Å²) in [5, 5.41) is 13.6. The zero-order valence-corrected chi connectivity index (χ0v) is 13.8. The van der Waals surface area contributed by atoms with Gasteiger partial charge in [-0.2, -0.15) is 0 Å². The number of nitrogens with zero attached hydrogens (tertiary/aromatic N) is 4. The van der Waals surface area contributed by atoms with Gasteiger partial charge in [-0.05, 0) is 52.9 Å². The van der Waals surface area contributed by atoms with Crippen LogP contribution in [-0.2, 0) is 4.79 Å². The highest BCUT2D eigenvalue weighted by Gasteiger charge is 2.03. The van der Waals surface area contributed by atoms with Crippen LogP contribution in [-0.4, -0.2) is 26.1 Å². The quantitative estimate of drug-likeness (QED) is 0.697. The van der Waals surface area contributed by atoms with E-state index in [2.05, 4.69) is 36.8 Å². The minimum Gasteiger partial charge on any atom is -0.322 e. The van der Waals surface area contributed by atoms with Gasteiger partial charge in [0.05, 0.1) is 5.69 Å². The van der Waals surface area contributed by atoms with Crippen molar-refractivity contribution in [3.05, 3.63) is 70.7 Å². The first-order chi connectivity index (χ1) is 11.6. The summed E-state index contributed by atoms with van der Waals surface area (Å²) >= 11 is 3.26. The van der Waals surface area contributed by atoms with Crippen LogP contribution in [0.2, 0.25) is 0 Å². The first kappa shape index (κ1) is 16.0. The standard InChI is InChI=1S/C16H11BrFN5O/c17-12-5-6-15(18)11(8-12)4-7-16(24)20-13-2-1-3-14(9-13)23-10-19-21-22-23/h1-10H,(H,20,24). The molecular weight excluding hydrogens is 377 g/mol. The summed E-state index contributed by atoms with van der Waals surface area (Å²) in [5.74, 6) is -0.772. The average Bonchev–Trinajstić information content (AvgIpc) is 3.10. The molecule has 0 aliphatic heterocycles. The predicted molar refractivity (Wildman–Crippen MR) is 90.9 cm³/mol. The molecule has 0 bridgehead atoms. The third-order valence-corrected chi connectivity index (χ3v) is 3.59. The van der Waals surface area contributed by atoms with Crippen molar-refractivity contribution in [3.8, 4) is 5.69 Å². The van der Waals surface area contributed by atoms with Crippen molar-refractivity contribution >= 4 is 33.6 Å². The monoisotopic (exact) mass is 387 g/mol. The number of anilines is 1.